The number of halogens is 1. The van der Waals surface area contributed by atoms with E-state index in [1.54, 1.807) is 31.4 Å². The van der Waals surface area contributed by atoms with Crippen LogP contribution in [0.15, 0.2) is 53.1 Å². The molecule has 0 bridgehead atoms. The molecule has 2 amide bonds. The number of amides is 2. The van der Waals surface area contributed by atoms with E-state index < -0.39 is 18.1 Å². The van der Waals surface area contributed by atoms with Crippen molar-refractivity contribution in [2.75, 3.05) is 31.0 Å². The SMILES string of the molecule is COc1ccc(C[C@H](NC(=O)Nc2ccc(Cl)cc2)c2noc(NC(CO)CO)n2)cc1. The molecular formula is C21H24ClN5O5. The van der Waals surface area contributed by atoms with Crippen LogP contribution in [0.5, 0.6) is 5.75 Å². The molecule has 0 radical (unpaired) electrons. The number of benzene rings is 2. The van der Waals surface area contributed by atoms with Gasteiger partial charge in [-0.3, -0.25) is 0 Å². The molecule has 1 atom stereocenters. The largest absolute Gasteiger partial charge is 0.497 e. The summed E-state index contributed by atoms with van der Waals surface area (Å²) in [7, 11) is 1.58. The van der Waals surface area contributed by atoms with Crippen molar-refractivity contribution in [2.45, 2.75) is 18.5 Å². The molecule has 0 saturated heterocycles. The number of ether oxygens (including phenoxy) is 1. The van der Waals surface area contributed by atoms with Crippen LogP contribution in [0.3, 0.4) is 0 Å². The lowest BCUT2D eigenvalue weighted by Crippen LogP contribution is -2.34. The first-order chi connectivity index (χ1) is 15.5. The van der Waals surface area contributed by atoms with Crippen molar-refractivity contribution in [2.24, 2.45) is 0 Å². The number of methoxy groups -OCH3 is 1. The fourth-order valence-electron chi connectivity index (χ4n) is 2.82. The average Bonchev–Trinajstić information content (AvgIpc) is 3.27. The molecule has 170 valence electrons. The highest BCUT2D eigenvalue weighted by Gasteiger charge is 2.22. The van der Waals surface area contributed by atoms with Gasteiger partial charge in [-0.1, -0.05) is 28.9 Å². The highest BCUT2D eigenvalue weighted by atomic mass is 35.5. The molecule has 11 heteroatoms. The van der Waals surface area contributed by atoms with Crippen LogP contribution in [0.1, 0.15) is 17.4 Å². The summed E-state index contributed by atoms with van der Waals surface area (Å²) >= 11 is 5.88. The van der Waals surface area contributed by atoms with Crippen LogP contribution < -0.4 is 20.7 Å². The fraction of sp³-hybridized carbons (Fsp3) is 0.286. The molecule has 2 aromatic carbocycles. The van der Waals surface area contributed by atoms with Crippen molar-refractivity contribution in [3.8, 4) is 5.75 Å². The molecule has 10 nitrogen and oxygen atoms in total. The van der Waals surface area contributed by atoms with E-state index in [2.05, 4.69) is 26.1 Å². The third-order valence-corrected chi connectivity index (χ3v) is 4.78. The minimum atomic E-state index is -0.649. The van der Waals surface area contributed by atoms with E-state index in [1.807, 2.05) is 24.3 Å². The Morgan fingerprint density at radius 3 is 2.44 bits per heavy atom. The van der Waals surface area contributed by atoms with Gasteiger partial charge in [-0.15, -0.1) is 0 Å². The molecule has 3 aromatic rings. The van der Waals surface area contributed by atoms with Gasteiger partial charge in [0.15, 0.2) is 5.82 Å². The van der Waals surface area contributed by atoms with Gasteiger partial charge < -0.3 is 35.4 Å². The van der Waals surface area contributed by atoms with Gasteiger partial charge in [0.05, 0.1) is 32.4 Å². The number of carbonyl (C=O) groups is 1. The summed E-state index contributed by atoms with van der Waals surface area (Å²) in [5.74, 6) is 0.938. The molecule has 3 rings (SSSR count). The lowest BCUT2D eigenvalue weighted by Gasteiger charge is -2.16. The summed E-state index contributed by atoms with van der Waals surface area (Å²) in [5.41, 5.74) is 1.48. The first-order valence-corrected chi connectivity index (χ1v) is 10.2. The highest BCUT2D eigenvalue weighted by molar-refractivity contribution is 6.30. The molecule has 0 saturated carbocycles. The zero-order chi connectivity index (χ0) is 22.9. The van der Waals surface area contributed by atoms with Gasteiger partial charge in [0, 0.05) is 17.1 Å². The Kier molecular flexibility index (Phi) is 8.26. The quantitative estimate of drug-likeness (QED) is 0.310. The number of urea groups is 1. The summed E-state index contributed by atoms with van der Waals surface area (Å²) in [6.45, 7) is -0.628. The second kappa shape index (κ2) is 11.3. The van der Waals surface area contributed by atoms with Crippen LogP contribution in [-0.4, -0.2) is 52.8 Å². The van der Waals surface area contributed by atoms with Crippen molar-refractivity contribution in [1.29, 1.82) is 0 Å². The number of aliphatic hydroxyl groups excluding tert-OH is 2. The van der Waals surface area contributed by atoms with Crippen LogP contribution in [0.25, 0.3) is 0 Å². The summed E-state index contributed by atoms with van der Waals surface area (Å²) in [4.78, 5) is 16.9. The number of rotatable bonds is 10. The number of nitrogens with zero attached hydrogens (tertiary/aromatic N) is 2. The topological polar surface area (TPSA) is 142 Å². The highest BCUT2D eigenvalue weighted by Crippen LogP contribution is 2.21. The molecule has 0 aliphatic heterocycles. The zero-order valence-corrected chi connectivity index (χ0v) is 18.0. The van der Waals surface area contributed by atoms with Crippen molar-refractivity contribution in [3.63, 3.8) is 0 Å². The second-order valence-electron chi connectivity index (χ2n) is 6.87. The van der Waals surface area contributed by atoms with Gasteiger partial charge in [0.25, 0.3) is 0 Å². The molecule has 1 aromatic heterocycles. The lowest BCUT2D eigenvalue weighted by molar-refractivity contribution is 0.201. The number of aliphatic hydroxyl groups is 2. The van der Waals surface area contributed by atoms with Crippen molar-refractivity contribution >= 4 is 29.3 Å². The van der Waals surface area contributed by atoms with E-state index in [0.29, 0.717) is 22.9 Å². The third-order valence-electron chi connectivity index (χ3n) is 4.53. The summed E-state index contributed by atoms with van der Waals surface area (Å²) in [5, 5.41) is 31.3. The summed E-state index contributed by atoms with van der Waals surface area (Å²) in [6, 6.07) is 12.4. The van der Waals surface area contributed by atoms with Gasteiger partial charge in [0.1, 0.15) is 5.75 Å². The number of hydrogen-bond donors (Lipinski definition) is 5. The number of anilines is 2. The Morgan fingerprint density at radius 2 is 1.81 bits per heavy atom. The van der Waals surface area contributed by atoms with E-state index in [1.165, 1.54) is 0 Å². The number of aromatic nitrogens is 2. The molecule has 0 aliphatic carbocycles. The van der Waals surface area contributed by atoms with Gasteiger partial charge in [-0.2, -0.15) is 4.98 Å². The summed E-state index contributed by atoms with van der Waals surface area (Å²) < 4.78 is 10.3. The minimum absolute atomic E-state index is 0.0211. The average molecular weight is 462 g/mol. The Hall–Kier alpha value is -3.34. The smallest absolute Gasteiger partial charge is 0.321 e. The summed E-state index contributed by atoms with van der Waals surface area (Å²) in [6.07, 6.45) is 0.375. The Labute approximate surface area is 189 Å². The standard InChI is InChI=1S/C21H24ClN5O5/c1-31-17-8-2-13(3-9-17)10-18(19-26-21(32-27-19)24-16(11-28)12-29)25-20(30)23-15-6-4-14(22)5-7-15/h2-9,16,18,28-29H,10-12H2,1H3,(H2,23,25,30)(H,24,26,27)/t18-/m0/s1. The van der Waals surface area contributed by atoms with E-state index in [-0.39, 0.29) is 25.1 Å². The maximum Gasteiger partial charge on any atom is 0.321 e. The Morgan fingerprint density at radius 1 is 1.12 bits per heavy atom. The second-order valence-corrected chi connectivity index (χ2v) is 7.31. The monoisotopic (exact) mass is 461 g/mol. The van der Waals surface area contributed by atoms with E-state index in [9.17, 15) is 15.0 Å². The van der Waals surface area contributed by atoms with Crippen molar-refractivity contribution < 1.29 is 24.3 Å². The fourth-order valence-corrected chi connectivity index (χ4v) is 2.95. The van der Waals surface area contributed by atoms with Gasteiger partial charge in [-0.05, 0) is 42.0 Å². The maximum atomic E-state index is 12.6. The van der Waals surface area contributed by atoms with Crippen LogP contribution in [-0.2, 0) is 6.42 Å². The normalized spacial score (nSPS) is 11.8. The van der Waals surface area contributed by atoms with Crippen LogP contribution in [0.4, 0.5) is 16.5 Å². The molecule has 0 aliphatic rings. The predicted molar refractivity (Wildman–Crippen MR) is 119 cm³/mol. The predicted octanol–water partition coefficient (Wildman–Crippen LogP) is 2.60. The van der Waals surface area contributed by atoms with Crippen molar-refractivity contribution in [1.82, 2.24) is 15.5 Å². The Bertz CT molecular complexity index is 993. The molecule has 0 fully saturated rings. The first kappa shape index (κ1) is 23.3. The number of hydrogen-bond acceptors (Lipinski definition) is 8. The maximum absolute atomic E-state index is 12.6. The van der Waals surface area contributed by atoms with E-state index in [4.69, 9.17) is 20.9 Å². The van der Waals surface area contributed by atoms with Crippen LogP contribution in [0, 0.1) is 0 Å². The van der Waals surface area contributed by atoms with Gasteiger partial charge in [0.2, 0.25) is 0 Å². The van der Waals surface area contributed by atoms with Crippen LogP contribution in [0.2, 0.25) is 5.02 Å². The molecule has 32 heavy (non-hydrogen) atoms. The van der Waals surface area contributed by atoms with E-state index >= 15 is 0 Å². The molecular weight excluding hydrogens is 438 g/mol. The zero-order valence-electron chi connectivity index (χ0n) is 17.3. The van der Waals surface area contributed by atoms with Crippen molar-refractivity contribution in [3.05, 3.63) is 64.9 Å². The molecule has 0 unspecified atom stereocenters. The third kappa shape index (κ3) is 6.58. The molecule has 0 spiro atoms. The molecule has 5 N–H and O–H groups in total. The first-order valence-electron chi connectivity index (χ1n) is 9.78. The van der Waals surface area contributed by atoms with Gasteiger partial charge in [-0.25, -0.2) is 4.79 Å². The van der Waals surface area contributed by atoms with E-state index in [0.717, 1.165) is 5.56 Å². The van der Waals surface area contributed by atoms with Crippen LogP contribution >= 0.6 is 11.6 Å². The number of nitrogens with one attached hydrogen (secondary N) is 3. The van der Waals surface area contributed by atoms with Gasteiger partial charge >= 0.3 is 12.0 Å². The Balaban J connectivity index is 1.76. The molecule has 1 heterocycles. The minimum Gasteiger partial charge on any atom is -0.497 e. The number of carbonyl (C=O) groups excluding carboxylic acids is 1. The lowest BCUT2D eigenvalue weighted by atomic mass is 10.1.